The van der Waals surface area contributed by atoms with E-state index in [9.17, 15) is 18.9 Å². The predicted octanol–water partition coefficient (Wildman–Crippen LogP) is 5.49. The minimum absolute atomic E-state index is 0.148. The summed E-state index contributed by atoms with van der Waals surface area (Å²) in [7, 11) is -4.40. The standard InChI is InChI=1S/C37H52N5O10P/c1-21(2)33(43)49-30-28(51-37(9,31(30)50-34(44)22(3)4)29-17-16-27-32(38)39-20-40-42(27)29)19-48-53(46,41-23(5)35(45)47-18-24-10-11-24)52-26-14-12-25(13-15-26)36(6,7)8/h12-17,20-24,28,30-31H,10-11,18-19H2,1-9H3,(H,41,46)(H2,38,39,40)/t23-,28+,30+,31+,37-,53?/m0/s1. The van der Waals surface area contributed by atoms with Crippen LogP contribution in [0.2, 0.25) is 0 Å². The first-order valence-corrected chi connectivity index (χ1v) is 19.5. The van der Waals surface area contributed by atoms with Crippen molar-refractivity contribution in [2.45, 2.75) is 111 Å². The third-order valence-corrected chi connectivity index (χ3v) is 10.9. The van der Waals surface area contributed by atoms with Crippen molar-refractivity contribution in [1.82, 2.24) is 19.7 Å². The number of carbonyl (C=O) groups is 3. The highest BCUT2D eigenvalue weighted by Gasteiger charge is 2.59. The number of hydrogen-bond donors (Lipinski definition) is 2. The Balaban J connectivity index is 1.50. The van der Waals surface area contributed by atoms with E-state index in [4.69, 9.17) is 33.7 Å². The fourth-order valence-electron chi connectivity index (χ4n) is 5.78. The Morgan fingerprint density at radius 2 is 1.62 bits per heavy atom. The van der Waals surface area contributed by atoms with E-state index in [-0.39, 0.29) is 23.6 Å². The Morgan fingerprint density at radius 1 is 0.981 bits per heavy atom. The van der Waals surface area contributed by atoms with Gasteiger partial charge in [0.25, 0.3) is 0 Å². The summed E-state index contributed by atoms with van der Waals surface area (Å²) in [6, 6.07) is 9.34. The van der Waals surface area contributed by atoms with Crippen LogP contribution < -0.4 is 15.3 Å². The maximum absolute atomic E-state index is 14.6. The van der Waals surface area contributed by atoms with Crippen molar-refractivity contribution in [1.29, 1.82) is 0 Å². The van der Waals surface area contributed by atoms with Crippen molar-refractivity contribution in [2.24, 2.45) is 17.8 Å². The molecule has 1 aliphatic carbocycles. The van der Waals surface area contributed by atoms with Gasteiger partial charge >= 0.3 is 25.7 Å². The maximum Gasteiger partial charge on any atom is 0.459 e. The molecule has 2 aromatic heterocycles. The first-order valence-electron chi connectivity index (χ1n) is 18.0. The molecular weight excluding hydrogens is 705 g/mol. The normalized spacial score (nSPS) is 23.5. The van der Waals surface area contributed by atoms with Crippen LogP contribution in [0, 0.1) is 17.8 Å². The van der Waals surface area contributed by atoms with E-state index in [0.29, 0.717) is 17.1 Å². The minimum Gasteiger partial charge on any atom is -0.464 e. The number of nitrogen functional groups attached to an aromatic ring is 1. The van der Waals surface area contributed by atoms with E-state index < -0.39 is 74.1 Å². The molecule has 1 saturated carbocycles. The molecule has 0 spiro atoms. The minimum atomic E-state index is -4.40. The van der Waals surface area contributed by atoms with E-state index in [2.05, 4.69) is 35.9 Å². The largest absolute Gasteiger partial charge is 0.464 e. The van der Waals surface area contributed by atoms with Gasteiger partial charge < -0.3 is 29.2 Å². The van der Waals surface area contributed by atoms with Crippen molar-refractivity contribution in [3.05, 3.63) is 54.0 Å². The van der Waals surface area contributed by atoms with Crippen molar-refractivity contribution in [3.63, 3.8) is 0 Å². The van der Waals surface area contributed by atoms with Gasteiger partial charge in [-0.25, -0.2) is 14.1 Å². The molecule has 0 bridgehead atoms. The zero-order valence-corrected chi connectivity index (χ0v) is 32.8. The topological polar surface area (TPSA) is 192 Å². The van der Waals surface area contributed by atoms with Crippen LogP contribution in [-0.2, 0) is 53.4 Å². The second-order valence-electron chi connectivity index (χ2n) is 15.6. The summed E-state index contributed by atoms with van der Waals surface area (Å²) in [5.41, 5.74) is 6.39. The number of carbonyl (C=O) groups excluding carboxylic acids is 3. The van der Waals surface area contributed by atoms with Crippen LogP contribution >= 0.6 is 7.75 Å². The van der Waals surface area contributed by atoms with Crippen molar-refractivity contribution < 1.29 is 46.9 Å². The Kier molecular flexibility index (Phi) is 11.9. The van der Waals surface area contributed by atoms with Crippen LogP contribution in [0.1, 0.15) is 86.4 Å². The zero-order valence-electron chi connectivity index (χ0n) is 31.9. The van der Waals surface area contributed by atoms with Crippen molar-refractivity contribution >= 4 is 37.0 Å². The van der Waals surface area contributed by atoms with Crippen LogP contribution in [0.15, 0.2) is 42.7 Å². The molecule has 6 atom stereocenters. The first kappa shape index (κ1) is 40.2. The number of rotatable bonds is 15. The van der Waals surface area contributed by atoms with E-state index in [0.717, 1.165) is 18.4 Å². The molecule has 53 heavy (non-hydrogen) atoms. The second kappa shape index (κ2) is 15.7. The predicted molar refractivity (Wildman–Crippen MR) is 195 cm³/mol. The summed E-state index contributed by atoms with van der Waals surface area (Å²) < 4.78 is 52.4. The fraction of sp³-hybridized carbons (Fsp3) is 0.595. The molecular formula is C37H52N5O10P. The molecule has 1 aromatic carbocycles. The molecule has 1 saturated heterocycles. The highest BCUT2D eigenvalue weighted by atomic mass is 31.2. The van der Waals surface area contributed by atoms with Crippen LogP contribution in [0.5, 0.6) is 5.75 Å². The number of anilines is 1. The third-order valence-electron chi connectivity index (χ3n) is 9.25. The molecule has 16 heteroatoms. The summed E-state index contributed by atoms with van der Waals surface area (Å²) in [4.78, 5) is 43.4. The first-order chi connectivity index (χ1) is 24.8. The van der Waals surface area contributed by atoms with Gasteiger partial charge in [0, 0.05) is 0 Å². The van der Waals surface area contributed by atoms with E-state index in [1.54, 1.807) is 58.9 Å². The van der Waals surface area contributed by atoms with Gasteiger partial charge in [0.05, 0.1) is 30.7 Å². The van der Waals surface area contributed by atoms with E-state index in [1.807, 2.05) is 12.1 Å². The number of nitrogens with two attached hydrogens (primary N) is 1. The molecule has 2 fully saturated rings. The van der Waals surface area contributed by atoms with Gasteiger partial charge in [0.15, 0.2) is 18.0 Å². The lowest BCUT2D eigenvalue weighted by molar-refractivity contribution is -0.175. The number of fused-ring (bicyclic) bond motifs is 1. The summed E-state index contributed by atoms with van der Waals surface area (Å²) in [6.45, 7) is 15.8. The lowest BCUT2D eigenvalue weighted by Gasteiger charge is -2.31. The Bertz CT molecular complexity index is 1840. The van der Waals surface area contributed by atoms with Crippen molar-refractivity contribution in [2.75, 3.05) is 18.9 Å². The number of benzene rings is 1. The highest BCUT2D eigenvalue weighted by molar-refractivity contribution is 7.52. The second-order valence-corrected chi connectivity index (χ2v) is 17.3. The quantitative estimate of drug-likeness (QED) is 0.112. The Labute approximate surface area is 310 Å². The van der Waals surface area contributed by atoms with Gasteiger partial charge in [-0.15, -0.1) is 0 Å². The average Bonchev–Trinajstić information content (AvgIpc) is 3.75. The maximum atomic E-state index is 14.6. The SMILES string of the molecule is CC(C)C(=O)O[C@H]1[C@@H](OC(=O)C(C)C)[C@](C)(c2ccc3c(N)ncnn23)O[C@@H]1COP(=O)(N[C@@H](C)C(=O)OCC1CC1)Oc1ccc(C(C)(C)C)cc1. The van der Waals surface area contributed by atoms with Gasteiger partial charge in [0.1, 0.15) is 35.3 Å². The molecule has 3 heterocycles. The smallest absolute Gasteiger partial charge is 0.459 e. The Hall–Kier alpha value is -4.04. The molecule has 5 rings (SSSR count). The van der Waals surface area contributed by atoms with Gasteiger partial charge in [0.2, 0.25) is 0 Å². The molecule has 0 amide bonds. The van der Waals surface area contributed by atoms with E-state index >= 15 is 0 Å². The number of hydrogen-bond acceptors (Lipinski definition) is 13. The molecule has 3 N–H and O–H groups in total. The van der Waals surface area contributed by atoms with Crippen molar-refractivity contribution in [3.8, 4) is 5.75 Å². The summed E-state index contributed by atoms with van der Waals surface area (Å²) in [5, 5.41) is 7.08. The number of ether oxygens (including phenoxy) is 4. The third kappa shape index (κ3) is 9.37. The zero-order chi connectivity index (χ0) is 38.9. The summed E-state index contributed by atoms with van der Waals surface area (Å²) in [5.74, 6) is -2.13. The average molecular weight is 758 g/mol. The van der Waals surface area contributed by atoms with Gasteiger partial charge in [-0.05, 0) is 67.9 Å². The lowest BCUT2D eigenvalue weighted by atomic mass is 9.87. The molecule has 290 valence electrons. The molecule has 0 radical (unpaired) electrons. The summed E-state index contributed by atoms with van der Waals surface area (Å²) in [6.07, 6.45) is -0.391. The van der Waals surface area contributed by atoms with Crippen LogP contribution in [-0.4, -0.2) is 70.1 Å². The van der Waals surface area contributed by atoms with Gasteiger partial charge in [-0.1, -0.05) is 60.6 Å². The number of nitrogens with zero attached hydrogens (tertiary/aromatic N) is 3. The van der Waals surface area contributed by atoms with Crippen LogP contribution in [0.4, 0.5) is 5.82 Å². The van der Waals surface area contributed by atoms with E-state index in [1.165, 1.54) is 17.8 Å². The molecule has 15 nitrogen and oxygen atoms in total. The number of aromatic nitrogens is 3. The van der Waals surface area contributed by atoms with Crippen LogP contribution in [0.3, 0.4) is 0 Å². The Morgan fingerprint density at radius 3 is 2.23 bits per heavy atom. The van der Waals surface area contributed by atoms with Gasteiger partial charge in [-0.3, -0.25) is 18.9 Å². The summed E-state index contributed by atoms with van der Waals surface area (Å²) >= 11 is 0. The molecule has 3 aromatic rings. The highest BCUT2D eigenvalue weighted by Crippen LogP contribution is 2.49. The van der Waals surface area contributed by atoms with Crippen LogP contribution in [0.25, 0.3) is 5.52 Å². The fourth-order valence-corrected chi connectivity index (χ4v) is 7.29. The lowest BCUT2D eigenvalue weighted by Crippen LogP contribution is -2.46. The van der Waals surface area contributed by atoms with Gasteiger partial charge in [-0.2, -0.15) is 10.2 Å². The number of esters is 3. The molecule has 2 aliphatic rings. The molecule has 1 aliphatic heterocycles. The monoisotopic (exact) mass is 757 g/mol. The molecule has 1 unspecified atom stereocenters. The number of nitrogens with one attached hydrogen (secondary N) is 1.